The van der Waals surface area contributed by atoms with E-state index in [4.69, 9.17) is 5.73 Å². The van der Waals surface area contributed by atoms with Crippen LogP contribution in [0.15, 0.2) is 30.3 Å². The number of aromatic nitrogens is 4. The predicted molar refractivity (Wildman–Crippen MR) is 97.1 cm³/mol. The van der Waals surface area contributed by atoms with Crippen molar-refractivity contribution in [2.75, 3.05) is 23.7 Å². The van der Waals surface area contributed by atoms with Crippen molar-refractivity contribution in [2.45, 2.75) is 26.3 Å². The molecule has 0 radical (unpaired) electrons. The van der Waals surface area contributed by atoms with Crippen molar-refractivity contribution in [3.63, 3.8) is 0 Å². The van der Waals surface area contributed by atoms with Gasteiger partial charge in [0.15, 0.2) is 11.3 Å². The van der Waals surface area contributed by atoms with Crippen LogP contribution in [0.2, 0.25) is 0 Å². The monoisotopic (exact) mass is 325 g/mol. The number of fused-ring (bicyclic) bond motifs is 1. The molecule has 0 aliphatic carbocycles. The van der Waals surface area contributed by atoms with Gasteiger partial charge in [0.25, 0.3) is 0 Å². The smallest absolute Gasteiger partial charge is 0.225 e. The van der Waals surface area contributed by atoms with E-state index >= 15 is 0 Å². The summed E-state index contributed by atoms with van der Waals surface area (Å²) in [5, 5.41) is 14.0. The maximum atomic E-state index is 5.57. The molecule has 3 rings (SSSR count). The molecule has 1 aromatic carbocycles. The molecule has 0 fully saturated rings. The van der Waals surface area contributed by atoms with Gasteiger partial charge in [-0.05, 0) is 11.5 Å². The van der Waals surface area contributed by atoms with Crippen LogP contribution >= 0.6 is 0 Å². The van der Waals surface area contributed by atoms with Crippen molar-refractivity contribution < 1.29 is 0 Å². The second kappa shape index (κ2) is 7.27. The van der Waals surface area contributed by atoms with Gasteiger partial charge in [-0.25, -0.2) is 4.98 Å². The number of nitrogens with two attached hydrogens (primary N) is 1. The molecule has 0 saturated carbocycles. The zero-order valence-electron chi connectivity index (χ0n) is 14.0. The first kappa shape index (κ1) is 16.2. The molecule has 0 spiro atoms. The summed E-state index contributed by atoms with van der Waals surface area (Å²) in [5.74, 6) is 1.58. The fraction of sp³-hybridized carbons (Fsp3) is 0.353. The fourth-order valence-electron chi connectivity index (χ4n) is 2.49. The summed E-state index contributed by atoms with van der Waals surface area (Å²) >= 11 is 0. The first-order valence-electron chi connectivity index (χ1n) is 8.16. The van der Waals surface area contributed by atoms with Crippen molar-refractivity contribution in [1.29, 1.82) is 0 Å². The lowest BCUT2D eigenvalue weighted by atomic mass is 10.1. The van der Waals surface area contributed by atoms with Gasteiger partial charge in [0.05, 0.1) is 5.69 Å². The van der Waals surface area contributed by atoms with Gasteiger partial charge in [-0.1, -0.05) is 44.2 Å². The quantitative estimate of drug-likeness (QED) is 0.532. The molecular weight excluding hydrogens is 302 g/mol. The van der Waals surface area contributed by atoms with Crippen LogP contribution in [0.3, 0.4) is 0 Å². The van der Waals surface area contributed by atoms with Gasteiger partial charge in [-0.3, -0.25) is 5.10 Å². The number of hydrogen-bond acceptors (Lipinski definition) is 6. The SMILES string of the molecule is CC(C)c1[nH]nc2c(NCc3ccccc3)nc(NCCN)nc12. The minimum atomic E-state index is 0.300. The maximum Gasteiger partial charge on any atom is 0.225 e. The summed E-state index contributed by atoms with van der Waals surface area (Å²) in [5.41, 5.74) is 9.35. The molecular formula is C17H23N7. The van der Waals surface area contributed by atoms with E-state index in [1.54, 1.807) is 0 Å². The van der Waals surface area contributed by atoms with Crippen molar-refractivity contribution in [3.8, 4) is 0 Å². The second-order valence-electron chi connectivity index (χ2n) is 5.94. The van der Waals surface area contributed by atoms with Crippen molar-refractivity contribution in [1.82, 2.24) is 20.2 Å². The molecule has 0 amide bonds. The minimum absolute atomic E-state index is 0.300. The highest BCUT2D eigenvalue weighted by atomic mass is 15.2. The first-order valence-corrected chi connectivity index (χ1v) is 8.16. The Morgan fingerprint density at radius 2 is 1.88 bits per heavy atom. The molecule has 0 saturated heterocycles. The van der Waals surface area contributed by atoms with Crippen LogP contribution in [0, 0.1) is 0 Å². The van der Waals surface area contributed by atoms with Gasteiger partial charge in [0.1, 0.15) is 5.52 Å². The van der Waals surface area contributed by atoms with E-state index in [2.05, 4.69) is 56.8 Å². The largest absolute Gasteiger partial charge is 0.364 e. The van der Waals surface area contributed by atoms with Crippen molar-refractivity contribution in [3.05, 3.63) is 41.6 Å². The summed E-state index contributed by atoms with van der Waals surface area (Å²) in [6.45, 7) is 6.04. The fourth-order valence-corrected chi connectivity index (χ4v) is 2.49. The van der Waals surface area contributed by atoms with E-state index in [0.29, 0.717) is 37.3 Å². The molecule has 2 heterocycles. The van der Waals surface area contributed by atoms with Crippen LogP contribution in [0.1, 0.15) is 31.0 Å². The minimum Gasteiger partial charge on any atom is -0.364 e. The summed E-state index contributed by atoms with van der Waals surface area (Å²) in [7, 11) is 0. The van der Waals surface area contributed by atoms with E-state index in [1.165, 1.54) is 5.56 Å². The molecule has 126 valence electrons. The second-order valence-corrected chi connectivity index (χ2v) is 5.94. The Morgan fingerprint density at radius 1 is 1.08 bits per heavy atom. The Morgan fingerprint density at radius 3 is 2.58 bits per heavy atom. The molecule has 5 N–H and O–H groups in total. The molecule has 2 aromatic heterocycles. The van der Waals surface area contributed by atoms with Gasteiger partial charge in [0, 0.05) is 19.6 Å². The van der Waals surface area contributed by atoms with E-state index in [-0.39, 0.29) is 0 Å². The number of rotatable bonds is 7. The normalized spacial score (nSPS) is 11.2. The van der Waals surface area contributed by atoms with E-state index < -0.39 is 0 Å². The average molecular weight is 325 g/mol. The number of nitrogens with one attached hydrogen (secondary N) is 3. The third-order valence-electron chi connectivity index (χ3n) is 3.73. The van der Waals surface area contributed by atoms with Crippen LogP contribution < -0.4 is 16.4 Å². The molecule has 0 bridgehead atoms. The van der Waals surface area contributed by atoms with E-state index in [9.17, 15) is 0 Å². The van der Waals surface area contributed by atoms with Crippen LogP contribution in [-0.2, 0) is 6.54 Å². The lowest BCUT2D eigenvalue weighted by Gasteiger charge is -2.10. The molecule has 0 aliphatic heterocycles. The molecule has 7 heteroatoms. The summed E-state index contributed by atoms with van der Waals surface area (Å²) in [6, 6.07) is 10.2. The first-order chi connectivity index (χ1) is 11.7. The zero-order valence-corrected chi connectivity index (χ0v) is 14.0. The number of benzene rings is 1. The highest BCUT2D eigenvalue weighted by Crippen LogP contribution is 2.26. The summed E-state index contributed by atoms with van der Waals surface area (Å²) < 4.78 is 0. The Hall–Kier alpha value is -2.67. The van der Waals surface area contributed by atoms with E-state index in [1.807, 2.05) is 18.2 Å². The Labute approximate surface area is 141 Å². The Balaban J connectivity index is 1.94. The zero-order chi connectivity index (χ0) is 16.9. The van der Waals surface area contributed by atoms with Gasteiger partial charge >= 0.3 is 0 Å². The number of anilines is 2. The summed E-state index contributed by atoms with van der Waals surface area (Å²) in [6.07, 6.45) is 0. The van der Waals surface area contributed by atoms with Crippen molar-refractivity contribution >= 4 is 22.8 Å². The number of nitrogens with zero attached hydrogens (tertiary/aromatic N) is 3. The number of hydrogen-bond donors (Lipinski definition) is 4. The highest BCUT2D eigenvalue weighted by Gasteiger charge is 2.16. The van der Waals surface area contributed by atoms with E-state index in [0.717, 1.165) is 16.7 Å². The van der Waals surface area contributed by atoms with Gasteiger partial charge in [0.2, 0.25) is 5.95 Å². The molecule has 24 heavy (non-hydrogen) atoms. The standard InChI is InChI=1S/C17H23N7/c1-11(2)13-14-15(24-23-13)16(22-17(21-14)19-9-8-18)20-10-12-6-4-3-5-7-12/h3-7,11H,8-10,18H2,1-2H3,(H,23,24)(H2,19,20,21,22). The summed E-state index contributed by atoms with van der Waals surface area (Å²) in [4.78, 5) is 9.15. The van der Waals surface area contributed by atoms with Crippen molar-refractivity contribution in [2.24, 2.45) is 5.73 Å². The maximum absolute atomic E-state index is 5.57. The molecule has 0 atom stereocenters. The molecule has 0 aliphatic rings. The topological polar surface area (TPSA) is 105 Å². The molecule has 7 nitrogen and oxygen atoms in total. The van der Waals surface area contributed by atoms with Gasteiger partial charge < -0.3 is 16.4 Å². The average Bonchev–Trinajstić information content (AvgIpc) is 3.03. The molecule has 0 unspecified atom stereocenters. The van der Waals surface area contributed by atoms with Crippen LogP contribution in [-0.4, -0.2) is 33.3 Å². The predicted octanol–water partition coefficient (Wildman–Crippen LogP) is 2.46. The van der Waals surface area contributed by atoms with Gasteiger partial charge in [-0.2, -0.15) is 10.1 Å². The Bertz CT molecular complexity index is 795. The number of aromatic amines is 1. The lowest BCUT2D eigenvalue weighted by molar-refractivity contribution is 0.815. The Kier molecular flexibility index (Phi) is 4.90. The van der Waals surface area contributed by atoms with Crippen LogP contribution in [0.25, 0.3) is 11.0 Å². The third-order valence-corrected chi connectivity index (χ3v) is 3.73. The third kappa shape index (κ3) is 3.46. The molecule has 3 aromatic rings. The van der Waals surface area contributed by atoms with Crippen LogP contribution in [0.5, 0.6) is 0 Å². The lowest BCUT2D eigenvalue weighted by Crippen LogP contribution is -2.15. The highest BCUT2D eigenvalue weighted by molar-refractivity contribution is 5.88. The van der Waals surface area contributed by atoms with Crippen LogP contribution in [0.4, 0.5) is 11.8 Å². The van der Waals surface area contributed by atoms with Gasteiger partial charge in [-0.15, -0.1) is 0 Å². The number of H-pyrrole nitrogens is 1.